The first-order chi connectivity index (χ1) is 9.73. The molecule has 2 rings (SSSR count). The minimum Gasteiger partial charge on any atom is -0.444 e. The van der Waals surface area contributed by atoms with Crippen LogP contribution in [0.4, 0.5) is 4.79 Å². The Morgan fingerprint density at radius 2 is 1.95 bits per heavy atom. The van der Waals surface area contributed by atoms with Crippen LogP contribution >= 0.6 is 15.9 Å². The Kier molecular flexibility index (Phi) is 4.55. The van der Waals surface area contributed by atoms with E-state index in [2.05, 4.69) is 31.5 Å². The number of nitrogens with zero attached hydrogens (tertiary/aromatic N) is 1. The molecule has 2 N–H and O–H groups in total. The SMILES string of the molecule is CC(C)(C)OC(=O)NC1CC(NC(=O)c2coc(Br)n2)C1. The zero-order valence-electron chi connectivity index (χ0n) is 12.1. The van der Waals surface area contributed by atoms with Crippen LogP contribution in [0.25, 0.3) is 0 Å². The lowest BCUT2D eigenvalue weighted by Gasteiger charge is -2.36. The van der Waals surface area contributed by atoms with Gasteiger partial charge in [-0.2, -0.15) is 4.98 Å². The highest BCUT2D eigenvalue weighted by atomic mass is 79.9. The van der Waals surface area contributed by atoms with Crippen molar-refractivity contribution in [3.05, 3.63) is 16.8 Å². The van der Waals surface area contributed by atoms with E-state index in [1.54, 1.807) is 0 Å². The maximum absolute atomic E-state index is 11.8. The van der Waals surface area contributed by atoms with Gasteiger partial charge in [-0.25, -0.2) is 4.79 Å². The van der Waals surface area contributed by atoms with E-state index >= 15 is 0 Å². The van der Waals surface area contributed by atoms with E-state index in [0.717, 1.165) is 0 Å². The molecule has 7 nitrogen and oxygen atoms in total. The zero-order chi connectivity index (χ0) is 15.6. The molecule has 0 radical (unpaired) electrons. The van der Waals surface area contributed by atoms with Gasteiger partial charge in [-0.05, 0) is 33.6 Å². The van der Waals surface area contributed by atoms with Gasteiger partial charge in [-0.15, -0.1) is 0 Å². The Labute approximate surface area is 130 Å². The van der Waals surface area contributed by atoms with Crippen molar-refractivity contribution in [2.75, 3.05) is 0 Å². The summed E-state index contributed by atoms with van der Waals surface area (Å²) >= 11 is 3.04. The number of oxazole rings is 1. The highest BCUT2D eigenvalue weighted by Crippen LogP contribution is 2.21. The summed E-state index contributed by atoms with van der Waals surface area (Å²) in [6.07, 6.45) is 2.19. The summed E-state index contributed by atoms with van der Waals surface area (Å²) in [5.74, 6) is -0.287. The number of ether oxygens (including phenoxy) is 1. The van der Waals surface area contributed by atoms with Gasteiger partial charge in [0.25, 0.3) is 10.7 Å². The minimum atomic E-state index is -0.512. The number of hydrogen-bond acceptors (Lipinski definition) is 5. The van der Waals surface area contributed by atoms with Crippen LogP contribution in [0.3, 0.4) is 0 Å². The lowest BCUT2D eigenvalue weighted by atomic mass is 9.87. The first-order valence-corrected chi connectivity index (χ1v) is 7.43. The van der Waals surface area contributed by atoms with Crippen molar-refractivity contribution in [3.63, 3.8) is 0 Å². The summed E-state index contributed by atoms with van der Waals surface area (Å²) in [5.41, 5.74) is -0.285. The lowest BCUT2D eigenvalue weighted by Crippen LogP contribution is -2.54. The Hall–Kier alpha value is -1.57. The largest absolute Gasteiger partial charge is 0.444 e. The number of carbonyl (C=O) groups is 2. The van der Waals surface area contributed by atoms with Crippen LogP contribution in [-0.4, -0.2) is 34.7 Å². The van der Waals surface area contributed by atoms with E-state index in [-0.39, 0.29) is 28.5 Å². The van der Waals surface area contributed by atoms with Crippen molar-refractivity contribution in [1.82, 2.24) is 15.6 Å². The molecule has 0 unspecified atom stereocenters. The Balaban J connectivity index is 1.70. The molecular formula is C13H18BrN3O4. The molecule has 0 saturated heterocycles. The average Bonchev–Trinajstić information content (AvgIpc) is 2.70. The molecule has 1 aromatic rings. The summed E-state index contributed by atoms with van der Waals surface area (Å²) in [7, 11) is 0. The molecule has 1 heterocycles. The van der Waals surface area contributed by atoms with Crippen LogP contribution in [0.1, 0.15) is 44.1 Å². The summed E-state index contributed by atoms with van der Waals surface area (Å²) in [4.78, 5) is 27.5. The zero-order valence-corrected chi connectivity index (χ0v) is 13.7. The van der Waals surface area contributed by atoms with Gasteiger partial charge in [0.1, 0.15) is 11.9 Å². The average molecular weight is 360 g/mol. The van der Waals surface area contributed by atoms with Crippen LogP contribution in [-0.2, 0) is 4.74 Å². The van der Waals surface area contributed by atoms with Crippen LogP contribution in [0.2, 0.25) is 0 Å². The van der Waals surface area contributed by atoms with Crippen LogP contribution < -0.4 is 10.6 Å². The molecule has 1 aliphatic carbocycles. The first kappa shape index (κ1) is 15.8. The van der Waals surface area contributed by atoms with Gasteiger partial charge in [0.2, 0.25) is 0 Å². The second kappa shape index (κ2) is 6.05. The molecule has 0 spiro atoms. The predicted molar refractivity (Wildman–Crippen MR) is 77.8 cm³/mol. The number of rotatable bonds is 3. The predicted octanol–water partition coefficient (Wildman–Crippen LogP) is 2.22. The highest BCUT2D eigenvalue weighted by molar-refractivity contribution is 9.10. The number of hydrogen-bond donors (Lipinski definition) is 2. The molecule has 1 fully saturated rings. The molecule has 116 valence electrons. The monoisotopic (exact) mass is 359 g/mol. The lowest BCUT2D eigenvalue weighted by molar-refractivity contribution is 0.0465. The normalized spacial score (nSPS) is 21.3. The summed E-state index contributed by atoms with van der Waals surface area (Å²) < 4.78 is 10.1. The van der Waals surface area contributed by atoms with Crippen molar-refractivity contribution in [1.29, 1.82) is 0 Å². The van der Waals surface area contributed by atoms with Gasteiger partial charge in [0.05, 0.1) is 0 Å². The first-order valence-electron chi connectivity index (χ1n) is 6.64. The molecule has 2 amide bonds. The number of alkyl carbamates (subject to hydrolysis) is 1. The van der Waals surface area contributed by atoms with Gasteiger partial charge in [0.15, 0.2) is 5.69 Å². The molecule has 1 saturated carbocycles. The molecule has 1 aromatic heterocycles. The fraction of sp³-hybridized carbons (Fsp3) is 0.615. The smallest absolute Gasteiger partial charge is 0.407 e. The minimum absolute atomic E-state index is 0.0212. The number of nitrogens with one attached hydrogen (secondary N) is 2. The van der Waals surface area contributed by atoms with E-state index in [1.165, 1.54) is 6.26 Å². The van der Waals surface area contributed by atoms with Crippen molar-refractivity contribution < 1.29 is 18.7 Å². The molecule has 0 aliphatic heterocycles. The molecule has 0 atom stereocenters. The third-order valence-corrected chi connectivity index (χ3v) is 3.27. The van der Waals surface area contributed by atoms with E-state index in [9.17, 15) is 9.59 Å². The number of carbonyl (C=O) groups excluding carboxylic acids is 2. The fourth-order valence-electron chi connectivity index (χ4n) is 1.94. The van der Waals surface area contributed by atoms with Gasteiger partial charge in [0, 0.05) is 28.0 Å². The van der Waals surface area contributed by atoms with Crippen LogP contribution in [0, 0.1) is 0 Å². The second-order valence-electron chi connectivity index (χ2n) is 5.97. The molecule has 21 heavy (non-hydrogen) atoms. The maximum atomic E-state index is 11.8. The number of amides is 2. The number of halogens is 1. The summed E-state index contributed by atoms with van der Waals surface area (Å²) in [6.45, 7) is 5.44. The molecule has 0 aromatic carbocycles. The molecule has 8 heteroatoms. The fourth-order valence-corrected chi connectivity index (χ4v) is 2.23. The van der Waals surface area contributed by atoms with Crippen molar-refractivity contribution >= 4 is 27.9 Å². The van der Waals surface area contributed by atoms with Crippen molar-refractivity contribution in [2.24, 2.45) is 0 Å². The number of aromatic nitrogens is 1. The third-order valence-electron chi connectivity index (χ3n) is 2.90. The third kappa shape index (κ3) is 4.73. The Morgan fingerprint density at radius 1 is 1.33 bits per heavy atom. The van der Waals surface area contributed by atoms with Gasteiger partial charge in [-0.1, -0.05) is 0 Å². The summed E-state index contributed by atoms with van der Waals surface area (Å²) in [5, 5.41) is 5.59. The Bertz CT molecular complexity index is 532. The standard InChI is InChI=1S/C13H18BrN3O4/c1-13(2,3)21-12(19)16-8-4-7(5-8)15-10(18)9-6-20-11(14)17-9/h6-8H,4-5H2,1-3H3,(H,15,18)(H,16,19). The molecule has 1 aliphatic rings. The van der Waals surface area contributed by atoms with Crippen LogP contribution in [0.15, 0.2) is 15.5 Å². The quantitative estimate of drug-likeness (QED) is 0.862. The van der Waals surface area contributed by atoms with Gasteiger partial charge >= 0.3 is 6.09 Å². The summed E-state index contributed by atoms with van der Waals surface area (Å²) in [6, 6.07) is 0.0436. The van der Waals surface area contributed by atoms with E-state index in [1.807, 2.05) is 20.8 Å². The topological polar surface area (TPSA) is 93.5 Å². The van der Waals surface area contributed by atoms with Crippen LogP contribution in [0.5, 0.6) is 0 Å². The van der Waals surface area contributed by atoms with Crippen molar-refractivity contribution in [2.45, 2.75) is 51.3 Å². The second-order valence-corrected chi connectivity index (χ2v) is 6.65. The van der Waals surface area contributed by atoms with E-state index in [0.29, 0.717) is 12.8 Å². The van der Waals surface area contributed by atoms with Crippen molar-refractivity contribution in [3.8, 4) is 0 Å². The highest BCUT2D eigenvalue weighted by Gasteiger charge is 2.33. The van der Waals surface area contributed by atoms with E-state index in [4.69, 9.17) is 9.15 Å². The molecule has 0 bridgehead atoms. The van der Waals surface area contributed by atoms with Gasteiger partial charge in [-0.3, -0.25) is 4.79 Å². The molecular weight excluding hydrogens is 342 g/mol. The van der Waals surface area contributed by atoms with E-state index < -0.39 is 11.7 Å². The van der Waals surface area contributed by atoms with Gasteiger partial charge < -0.3 is 19.8 Å². The Morgan fingerprint density at radius 3 is 2.48 bits per heavy atom. The maximum Gasteiger partial charge on any atom is 0.407 e.